The molecular weight excluding hydrogens is 366 g/mol. The highest BCUT2D eigenvalue weighted by Gasteiger charge is 2.41. The summed E-state index contributed by atoms with van der Waals surface area (Å²) < 4.78 is 61.1. The molecule has 0 bridgehead atoms. The van der Waals surface area contributed by atoms with Gasteiger partial charge >= 0.3 is 12.0 Å². The molecule has 0 radical (unpaired) electrons. The van der Waals surface area contributed by atoms with E-state index in [2.05, 4.69) is 4.98 Å². The van der Waals surface area contributed by atoms with E-state index in [1.54, 1.807) is 0 Å². The van der Waals surface area contributed by atoms with E-state index in [1.807, 2.05) is 0 Å². The largest absolute Gasteiger partial charge is 0.458 e. The van der Waals surface area contributed by atoms with Crippen molar-refractivity contribution < 1.29 is 26.9 Å². The lowest BCUT2D eigenvalue weighted by atomic mass is 10.2. The van der Waals surface area contributed by atoms with Gasteiger partial charge in [-0.3, -0.25) is 0 Å². The van der Waals surface area contributed by atoms with Crippen molar-refractivity contribution >= 4 is 28.4 Å². The zero-order valence-electron chi connectivity index (χ0n) is 7.63. The normalized spacial score (nSPS) is 11.9. The Bertz CT molecular complexity index is 462. The molecule has 0 aliphatic heterocycles. The quantitative estimate of drug-likeness (QED) is 0.347. The molecule has 1 rings (SSSR count). The van der Waals surface area contributed by atoms with E-state index in [4.69, 9.17) is 0 Å². The monoisotopic (exact) mass is 368 g/mol. The Balaban J connectivity index is 3.53. The smallest absolute Gasteiger partial charge is 0.358 e. The average Bonchev–Trinajstić information content (AvgIpc) is 2.13. The molecule has 0 unspecified atom stereocenters. The summed E-state index contributed by atoms with van der Waals surface area (Å²) in [6.07, 6.45) is -8.19. The number of rotatable bonds is 2. The third-order valence-corrected chi connectivity index (χ3v) is 2.56. The first-order valence-electron chi connectivity index (χ1n) is 3.84. The zero-order chi connectivity index (χ0) is 13.4. The Morgan fingerprint density at radius 3 is 2.29 bits per heavy atom. The van der Waals surface area contributed by atoms with Gasteiger partial charge in [0, 0.05) is 9.64 Å². The van der Waals surface area contributed by atoms with Gasteiger partial charge < -0.3 is 10.1 Å². The van der Waals surface area contributed by atoms with Crippen LogP contribution in [0.15, 0.2) is 6.07 Å². The van der Waals surface area contributed by atoms with E-state index in [1.165, 1.54) is 22.6 Å². The van der Waals surface area contributed by atoms with Gasteiger partial charge in [-0.1, -0.05) is 0 Å². The first-order valence-corrected chi connectivity index (χ1v) is 4.92. The highest BCUT2D eigenvalue weighted by atomic mass is 127. The summed E-state index contributed by atoms with van der Waals surface area (Å²) in [6.45, 7) is 0. The number of nitro groups is 1. The Hall–Kier alpha value is -1.07. The van der Waals surface area contributed by atoms with Crippen molar-refractivity contribution in [1.82, 2.24) is 4.98 Å². The molecule has 0 saturated heterocycles. The van der Waals surface area contributed by atoms with Crippen molar-refractivity contribution in [3.8, 4) is 0 Å². The summed E-state index contributed by atoms with van der Waals surface area (Å²) in [7, 11) is 0. The number of nitrogens with zero attached hydrogens (tertiary/aromatic N) is 2. The van der Waals surface area contributed by atoms with Crippen molar-refractivity contribution in [1.29, 1.82) is 0 Å². The first kappa shape index (κ1) is 14.0. The maximum Gasteiger partial charge on any atom is 0.458 e. The molecular formula is C7H2F5IN2O2. The van der Waals surface area contributed by atoms with E-state index in [0.29, 0.717) is 6.07 Å². The number of hydrogen-bond acceptors (Lipinski definition) is 3. The molecule has 1 aromatic rings. The number of alkyl halides is 5. The molecule has 94 valence electrons. The summed E-state index contributed by atoms with van der Waals surface area (Å²) in [4.78, 5) is 11.7. The average molecular weight is 368 g/mol. The van der Waals surface area contributed by atoms with Crippen molar-refractivity contribution in [2.75, 3.05) is 0 Å². The minimum absolute atomic E-state index is 0.342. The number of hydrogen-bond donors (Lipinski definition) is 0. The molecule has 0 atom stereocenters. The number of aromatic nitrogens is 1. The van der Waals surface area contributed by atoms with Crippen molar-refractivity contribution in [3.05, 3.63) is 31.0 Å². The second-order valence-corrected chi connectivity index (χ2v) is 3.94. The van der Waals surface area contributed by atoms with Crippen LogP contribution in [0.5, 0.6) is 0 Å². The zero-order valence-corrected chi connectivity index (χ0v) is 9.79. The van der Waals surface area contributed by atoms with Gasteiger partial charge in [0.15, 0.2) is 0 Å². The standard InChI is InChI=1S/C7H2F5IN2O2/c8-5(9)4-2(13)1-3(7(10,11)12)14-6(4)15(16)17/h1,5H. The summed E-state index contributed by atoms with van der Waals surface area (Å²) in [6, 6.07) is 0.342. The maximum absolute atomic E-state index is 12.4. The predicted octanol–water partition coefficient (Wildman–Crippen LogP) is 3.55. The highest BCUT2D eigenvalue weighted by molar-refractivity contribution is 14.1. The van der Waals surface area contributed by atoms with Gasteiger partial charge in [-0.2, -0.15) is 13.2 Å². The van der Waals surface area contributed by atoms with Gasteiger partial charge in [-0.15, -0.1) is 0 Å². The van der Waals surface area contributed by atoms with E-state index >= 15 is 0 Å². The molecule has 0 amide bonds. The molecule has 17 heavy (non-hydrogen) atoms. The summed E-state index contributed by atoms with van der Waals surface area (Å²) in [5.41, 5.74) is -2.68. The van der Waals surface area contributed by atoms with Crippen LogP contribution in [0, 0.1) is 13.7 Å². The van der Waals surface area contributed by atoms with Gasteiger partial charge in [0.2, 0.25) is 0 Å². The lowest BCUT2D eigenvalue weighted by molar-refractivity contribution is -0.391. The molecule has 0 spiro atoms. The number of halogens is 6. The van der Waals surface area contributed by atoms with Crippen LogP contribution in [-0.2, 0) is 6.18 Å². The van der Waals surface area contributed by atoms with Crippen LogP contribution in [-0.4, -0.2) is 9.91 Å². The van der Waals surface area contributed by atoms with Crippen LogP contribution in [0.25, 0.3) is 0 Å². The summed E-state index contributed by atoms with van der Waals surface area (Å²) in [5, 5.41) is 10.4. The van der Waals surface area contributed by atoms with Crippen molar-refractivity contribution in [2.24, 2.45) is 0 Å². The van der Waals surface area contributed by atoms with Crippen LogP contribution in [0.1, 0.15) is 17.7 Å². The lowest BCUT2D eigenvalue weighted by Crippen LogP contribution is -2.12. The minimum Gasteiger partial charge on any atom is -0.358 e. The molecule has 0 aliphatic rings. The molecule has 0 N–H and O–H groups in total. The number of pyridine rings is 1. The molecule has 1 aromatic heterocycles. The summed E-state index contributed by atoms with van der Waals surface area (Å²) >= 11 is 1.18. The third-order valence-electron chi connectivity index (χ3n) is 1.67. The molecule has 0 aliphatic carbocycles. The second-order valence-electron chi connectivity index (χ2n) is 2.78. The Morgan fingerprint density at radius 1 is 1.41 bits per heavy atom. The van der Waals surface area contributed by atoms with E-state index < -0.39 is 38.2 Å². The lowest BCUT2D eigenvalue weighted by Gasteiger charge is -2.07. The topological polar surface area (TPSA) is 56.0 Å². The van der Waals surface area contributed by atoms with E-state index in [9.17, 15) is 32.1 Å². The van der Waals surface area contributed by atoms with E-state index in [-0.39, 0.29) is 0 Å². The van der Waals surface area contributed by atoms with Gasteiger partial charge in [-0.25, -0.2) is 8.78 Å². The van der Waals surface area contributed by atoms with Gasteiger partial charge in [-0.05, 0) is 32.5 Å². The first-order chi connectivity index (χ1) is 7.64. The van der Waals surface area contributed by atoms with Gasteiger partial charge in [0.1, 0.15) is 5.56 Å². The minimum atomic E-state index is -4.93. The Morgan fingerprint density at radius 2 is 1.94 bits per heavy atom. The third kappa shape index (κ3) is 2.98. The fraction of sp³-hybridized carbons (Fsp3) is 0.286. The van der Waals surface area contributed by atoms with Crippen LogP contribution in [0.4, 0.5) is 27.8 Å². The fourth-order valence-corrected chi connectivity index (χ4v) is 1.77. The van der Waals surface area contributed by atoms with Crippen molar-refractivity contribution in [3.63, 3.8) is 0 Å². The van der Waals surface area contributed by atoms with Crippen LogP contribution in [0.2, 0.25) is 0 Å². The van der Waals surface area contributed by atoms with Crippen LogP contribution < -0.4 is 0 Å². The highest BCUT2D eigenvalue weighted by Crippen LogP contribution is 2.36. The molecule has 0 aromatic carbocycles. The molecule has 1 heterocycles. The van der Waals surface area contributed by atoms with Gasteiger partial charge in [0.25, 0.3) is 12.1 Å². The molecule has 0 fully saturated rings. The fourth-order valence-electron chi connectivity index (χ4n) is 0.997. The SMILES string of the molecule is O=[N+]([O-])c1nc(C(F)(F)F)cc(I)c1C(F)F. The molecule has 4 nitrogen and oxygen atoms in total. The Labute approximate surface area is 104 Å². The van der Waals surface area contributed by atoms with Crippen LogP contribution in [0.3, 0.4) is 0 Å². The van der Waals surface area contributed by atoms with E-state index in [0.717, 1.165) is 0 Å². The molecule has 10 heteroatoms. The van der Waals surface area contributed by atoms with Crippen LogP contribution >= 0.6 is 22.6 Å². The predicted molar refractivity (Wildman–Crippen MR) is 53.6 cm³/mol. The maximum atomic E-state index is 12.4. The Kier molecular flexibility index (Phi) is 3.84. The summed E-state index contributed by atoms with van der Waals surface area (Å²) in [5.74, 6) is -1.47. The van der Waals surface area contributed by atoms with Gasteiger partial charge in [0.05, 0.1) is 0 Å². The molecule has 0 saturated carbocycles. The second kappa shape index (κ2) is 4.66. The van der Waals surface area contributed by atoms with Crippen molar-refractivity contribution in [2.45, 2.75) is 12.6 Å².